The lowest BCUT2D eigenvalue weighted by Crippen LogP contribution is -2.33. The Hall–Kier alpha value is -2.61. The molecule has 2 aromatic heterocycles. The van der Waals surface area contributed by atoms with Crippen LogP contribution in [0.5, 0.6) is 0 Å². The first-order chi connectivity index (χ1) is 13.3. The molecule has 3 rings (SSSR count). The summed E-state index contributed by atoms with van der Waals surface area (Å²) >= 11 is 1.32. The third-order valence-corrected chi connectivity index (χ3v) is 5.82. The number of thioether (sulfide) groups is 1. The lowest BCUT2D eigenvalue weighted by Gasteiger charge is -2.15. The van der Waals surface area contributed by atoms with Crippen molar-refractivity contribution in [2.45, 2.75) is 52.2 Å². The van der Waals surface area contributed by atoms with E-state index >= 15 is 0 Å². The Kier molecular flexibility index (Phi) is 5.88. The zero-order valence-corrected chi connectivity index (χ0v) is 17.7. The molecule has 28 heavy (non-hydrogen) atoms. The first kappa shape index (κ1) is 20.1. The Morgan fingerprint density at radius 3 is 2.75 bits per heavy atom. The van der Waals surface area contributed by atoms with E-state index in [1.165, 1.54) is 17.3 Å². The van der Waals surface area contributed by atoms with Crippen LogP contribution in [0.4, 0.5) is 0 Å². The average Bonchev–Trinajstić information content (AvgIpc) is 3.03. The molecule has 0 bridgehead atoms. The highest BCUT2D eigenvalue weighted by atomic mass is 32.2. The van der Waals surface area contributed by atoms with E-state index in [4.69, 9.17) is 5.41 Å². The smallest absolute Gasteiger partial charge is 0.230 e. The summed E-state index contributed by atoms with van der Waals surface area (Å²) in [5.74, 6) is 0.189. The van der Waals surface area contributed by atoms with Crippen LogP contribution in [-0.2, 0) is 4.79 Å². The molecule has 3 N–H and O–H groups in total. The SMILES string of the molecule is CCC(C)NC(=O)CSc1nc2n[nH]c(C)c2c(=N)n1-c1ccc(C)c(C)c1. The van der Waals surface area contributed by atoms with E-state index in [1.807, 2.05) is 45.9 Å². The topological polar surface area (TPSA) is 99.5 Å². The molecule has 1 aromatic carbocycles. The van der Waals surface area contributed by atoms with Gasteiger partial charge in [0, 0.05) is 17.4 Å². The van der Waals surface area contributed by atoms with Crippen molar-refractivity contribution < 1.29 is 4.79 Å². The molecule has 0 radical (unpaired) electrons. The fourth-order valence-electron chi connectivity index (χ4n) is 2.88. The number of carbonyl (C=O) groups is 1. The van der Waals surface area contributed by atoms with E-state index in [1.54, 1.807) is 4.57 Å². The average molecular weight is 399 g/mol. The minimum atomic E-state index is -0.0439. The van der Waals surface area contributed by atoms with Crippen LogP contribution in [-0.4, -0.2) is 37.5 Å². The van der Waals surface area contributed by atoms with Crippen molar-refractivity contribution in [1.29, 1.82) is 5.41 Å². The Morgan fingerprint density at radius 1 is 1.32 bits per heavy atom. The maximum Gasteiger partial charge on any atom is 0.230 e. The summed E-state index contributed by atoms with van der Waals surface area (Å²) in [6.07, 6.45) is 0.882. The number of aryl methyl sites for hydroxylation is 3. The van der Waals surface area contributed by atoms with E-state index in [0.29, 0.717) is 21.7 Å². The summed E-state index contributed by atoms with van der Waals surface area (Å²) in [7, 11) is 0. The van der Waals surface area contributed by atoms with Gasteiger partial charge in [-0.05, 0) is 57.4 Å². The molecule has 0 aliphatic rings. The number of rotatable bonds is 6. The fourth-order valence-corrected chi connectivity index (χ4v) is 3.70. The summed E-state index contributed by atoms with van der Waals surface area (Å²) in [5.41, 5.74) is 4.78. The van der Waals surface area contributed by atoms with Crippen LogP contribution >= 0.6 is 11.8 Å². The molecule has 7 nitrogen and oxygen atoms in total. The van der Waals surface area contributed by atoms with Gasteiger partial charge in [-0.3, -0.25) is 19.9 Å². The molecule has 148 valence electrons. The second-order valence-electron chi connectivity index (χ2n) is 7.06. The van der Waals surface area contributed by atoms with Gasteiger partial charge < -0.3 is 5.32 Å². The molecule has 0 aliphatic carbocycles. The molecule has 0 spiro atoms. The summed E-state index contributed by atoms with van der Waals surface area (Å²) in [6, 6.07) is 6.19. The first-order valence-corrected chi connectivity index (χ1v) is 10.3. The van der Waals surface area contributed by atoms with Crippen LogP contribution < -0.4 is 10.8 Å². The number of nitrogens with zero attached hydrogens (tertiary/aromatic N) is 3. The third-order valence-electron chi connectivity index (χ3n) is 4.88. The van der Waals surface area contributed by atoms with Gasteiger partial charge >= 0.3 is 0 Å². The quantitative estimate of drug-likeness (QED) is 0.439. The summed E-state index contributed by atoms with van der Waals surface area (Å²) in [4.78, 5) is 16.9. The predicted octanol–water partition coefficient (Wildman–Crippen LogP) is 3.16. The number of carbonyl (C=O) groups excluding carboxylic acids is 1. The summed E-state index contributed by atoms with van der Waals surface area (Å²) in [6.45, 7) is 10.0. The molecule has 1 amide bonds. The van der Waals surface area contributed by atoms with E-state index in [2.05, 4.69) is 27.4 Å². The standard InChI is InChI=1S/C20H26N6OS/c1-6-13(4)22-16(27)10-28-20-23-19-17(14(5)24-25-19)18(21)26(20)15-8-7-11(2)12(3)9-15/h7-9,13,21H,6,10H2,1-5H3,(H,22,27)(H,24,25). The normalized spacial score (nSPS) is 12.3. The van der Waals surface area contributed by atoms with Crippen LogP contribution in [0.25, 0.3) is 16.7 Å². The molecule has 0 aliphatic heterocycles. The molecule has 1 atom stereocenters. The van der Waals surface area contributed by atoms with Gasteiger partial charge in [-0.25, -0.2) is 4.98 Å². The van der Waals surface area contributed by atoms with Crippen molar-refractivity contribution in [3.05, 3.63) is 40.5 Å². The van der Waals surface area contributed by atoms with E-state index in [9.17, 15) is 4.79 Å². The van der Waals surface area contributed by atoms with Crippen molar-refractivity contribution >= 4 is 28.7 Å². The zero-order valence-electron chi connectivity index (χ0n) is 16.9. The van der Waals surface area contributed by atoms with Gasteiger partial charge in [0.15, 0.2) is 10.8 Å². The van der Waals surface area contributed by atoms with Crippen LogP contribution in [0, 0.1) is 26.2 Å². The van der Waals surface area contributed by atoms with E-state index < -0.39 is 0 Å². The highest BCUT2D eigenvalue weighted by molar-refractivity contribution is 7.99. The molecule has 8 heteroatoms. The Morgan fingerprint density at radius 2 is 2.07 bits per heavy atom. The van der Waals surface area contributed by atoms with E-state index in [-0.39, 0.29) is 17.7 Å². The van der Waals surface area contributed by atoms with Crippen LogP contribution in [0.15, 0.2) is 23.4 Å². The highest BCUT2D eigenvalue weighted by Crippen LogP contribution is 2.22. The molecular weight excluding hydrogens is 372 g/mol. The third kappa shape index (κ3) is 3.96. The lowest BCUT2D eigenvalue weighted by atomic mass is 10.1. The maximum absolute atomic E-state index is 12.2. The van der Waals surface area contributed by atoms with Crippen LogP contribution in [0.1, 0.15) is 37.1 Å². The molecule has 0 saturated carbocycles. The Labute approximate surface area is 168 Å². The van der Waals surface area contributed by atoms with Crippen LogP contribution in [0.3, 0.4) is 0 Å². The van der Waals surface area contributed by atoms with Gasteiger partial charge in [0.25, 0.3) is 0 Å². The number of H-pyrrole nitrogens is 1. The highest BCUT2D eigenvalue weighted by Gasteiger charge is 2.17. The van der Waals surface area contributed by atoms with Crippen molar-refractivity contribution in [3.8, 4) is 5.69 Å². The fraction of sp³-hybridized carbons (Fsp3) is 0.400. The summed E-state index contributed by atoms with van der Waals surface area (Å²) < 4.78 is 1.79. The van der Waals surface area contributed by atoms with Gasteiger partial charge in [-0.1, -0.05) is 24.8 Å². The number of aromatic nitrogens is 4. The molecule has 0 fully saturated rings. The zero-order chi connectivity index (χ0) is 20.4. The molecule has 1 unspecified atom stereocenters. The van der Waals surface area contributed by atoms with Crippen molar-refractivity contribution in [1.82, 2.24) is 25.1 Å². The summed E-state index contributed by atoms with van der Waals surface area (Å²) in [5, 5.41) is 20.1. The predicted molar refractivity (Wildman–Crippen MR) is 112 cm³/mol. The van der Waals surface area contributed by atoms with Gasteiger partial charge in [0.2, 0.25) is 5.91 Å². The maximum atomic E-state index is 12.2. The minimum Gasteiger partial charge on any atom is -0.353 e. The molecule has 0 saturated heterocycles. The number of fused-ring (bicyclic) bond motifs is 1. The number of hydrogen-bond acceptors (Lipinski definition) is 5. The van der Waals surface area contributed by atoms with Gasteiger partial charge in [-0.2, -0.15) is 5.10 Å². The first-order valence-electron chi connectivity index (χ1n) is 9.34. The van der Waals surface area contributed by atoms with Crippen LogP contribution in [0.2, 0.25) is 0 Å². The number of hydrogen-bond donors (Lipinski definition) is 3. The van der Waals surface area contributed by atoms with E-state index in [0.717, 1.165) is 23.4 Å². The number of nitrogens with one attached hydrogen (secondary N) is 3. The van der Waals surface area contributed by atoms with Gasteiger partial charge in [0.05, 0.1) is 11.1 Å². The molecule has 3 aromatic rings. The largest absolute Gasteiger partial charge is 0.353 e. The van der Waals surface area contributed by atoms with Crippen molar-refractivity contribution in [3.63, 3.8) is 0 Å². The number of benzene rings is 1. The second kappa shape index (κ2) is 8.18. The Bertz CT molecular complexity index is 1080. The van der Waals surface area contributed by atoms with Crippen molar-refractivity contribution in [2.24, 2.45) is 0 Å². The lowest BCUT2D eigenvalue weighted by molar-refractivity contribution is -0.119. The number of aromatic amines is 1. The van der Waals surface area contributed by atoms with Gasteiger partial charge in [0.1, 0.15) is 5.49 Å². The number of amides is 1. The van der Waals surface area contributed by atoms with Gasteiger partial charge in [-0.15, -0.1) is 0 Å². The molecular formula is C20H26N6OS. The monoisotopic (exact) mass is 398 g/mol. The Balaban J connectivity index is 2.06. The minimum absolute atomic E-state index is 0.0439. The molecule has 2 heterocycles. The van der Waals surface area contributed by atoms with Crippen molar-refractivity contribution in [2.75, 3.05) is 5.75 Å². The second-order valence-corrected chi connectivity index (χ2v) is 8.00.